The van der Waals surface area contributed by atoms with E-state index < -0.39 is 11.7 Å². The second kappa shape index (κ2) is 10.00. The zero-order chi connectivity index (χ0) is 18.8. The van der Waals surface area contributed by atoms with Crippen molar-refractivity contribution in [2.75, 3.05) is 6.54 Å². The average molecular weight is 363 g/mol. The van der Waals surface area contributed by atoms with Gasteiger partial charge in [0.25, 0.3) is 0 Å². The van der Waals surface area contributed by atoms with E-state index >= 15 is 0 Å². The van der Waals surface area contributed by atoms with Crippen molar-refractivity contribution < 1.29 is 17.9 Å². The highest BCUT2D eigenvalue weighted by Crippen LogP contribution is 2.29. The SMILES string of the molecule is CCCCCCN=Cc1ccc(OCc2ccc(C(F)(F)F)cc2)cc1. The molecule has 0 heterocycles. The molecule has 0 radical (unpaired) electrons. The zero-order valence-corrected chi connectivity index (χ0v) is 14.9. The summed E-state index contributed by atoms with van der Waals surface area (Å²) in [5, 5.41) is 0. The molecule has 0 spiro atoms. The van der Waals surface area contributed by atoms with Crippen molar-refractivity contribution in [1.82, 2.24) is 0 Å². The fourth-order valence-corrected chi connectivity index (χ4v) is 2.41. The molecule has 0 aromatic heterocycles. The van der Waals surface area contributed by atoms with Gasteiger partial charge in [-0.2, -0.15) is 13.2 Å². The quantitative estimate of drug-likeness (QED) is 0.379. The van der Waals surface area contributed by atoms with Gasteiger partial charge < -0.3 is 4.74 Å². The van der Waals surface area contributed by atoms with E-state index in [4.69, 9.17) is 4.74 Å². The molecule has 0 N–H and O–H groups in total. The Balaban J connectivity index is 1.79. The lowest BCUT2D eigenvalue weighted by atomic mass is 10.1. The van der Waals surface area contributed by atoms with Gasteiger partial charge in [-0.3, -0.25) is 4.99 Å². The zero-order valence-electron chi connectivity index (χ0n) is 14.9. The third-order valence-corrected chi connectivity index (χ3v) is 3.95. The number of hydrogen-bond donors (Lipinski definition) is 0. The first-order valence-corrected chi connectivity index (χ1v) is 8.88. The Labute approximate surface area is 152 Å². The van der Waals surface area contributed by atoms with E-state index in [2.05, 4.69) is 11.9 Å². The fraction of sp³-hybridized carbons (Fsp3) is 0.381. The molecule has 5 heteroatoms. The summed E-state index contributed by atoms with van der Waals surface area (Å²) in [6.45, 7) is 3.25. The second-order valence-electron chi connectivity index (χ2n) is 6.15. The molecular formula is C21H24F3NO. The molecule has 2 aromatic carbocycles. The van der Waals surface area contributed by atoms with Crippen LogP contribution in [0.25, 0.3) is 0 Å². The molecule has 0 atom stereocenters. The minimum atomic E-state index is -4.31. The summed E-state index contributed by atoms with van der Waals surface area (Å²) in [5.74, 6) is 0.671. The first-order valence-electron chi connectivity index (χ1n) is 8.88. The van der Waals surface area contributed by atoms with E-state index in [1.54, 1.807) is 0 Å². The van der Waals surface area contributed by atoms with Gasteiger partial charge in [0, 0.05) is 12.8 Å². The van der Waals surface area contributed by atoms with Gasteiger partial charge in [0.2, 0.25) is 0 Å². The molecule has 0 saturated carbocycles. The predicted molar refractivity (Wildman–Crippen MR) is 98.8 cm³/mol. The minimum absolute atomic E-state index is 0.225. The van der Waals surface area contributed by atoms with Crippen molar-refractivity contribution in [3.63, 3.8) is 0 Å². The predicted octanol–water partition coefficient (Wildman–Crippen LogP) is 6.28. The third-order valence-electron chi connectivity index (χ3n) is 3.95. The van der Waals surface area contributed by atoms with Gasteiger partial charge in [0.1, 0.15) is 12.4 Å². The summed E-state index contributed by atoms with van der Waals surface area (Å²) in [4.78, 5) is 4.41. The number of aliphatic imine (C=N–C) groups is 1. The molecular weight excluding hydrogens is 339 g/mol. The number of halogens is 3. The minimum Gasteiger partial charge on any atom is -0.489 e. The number of alkyl halides is 3. The lowest BCUT2D eigenvalue weighted by molar-refractivity contribution is -0.137. The highest BCUT2D eigenvalue weighted by molar-refractivity contribution is 5.79. The summed E-state index contributed by atoms with van der Waals surface area (Å²) >= 11 is 0. The van der Waals surface area contributed by atoms with Crippen LogP contribution in [0.3, 0.4) is 0 Å². The molecule has 0 saturated heterocycles. The van der Waals surface area contributed by atoms with Crippen LogP contribution in [0.1, 0.15) is 49.3 Å². The van der Waals surface area contributed by atoms with Crippen LogP contribution in [-0.2, 0) is 12.8 Å². The highest BCUT2D eigenvalue weighted by Gasteiger charge is 2.29. The van der Waals surface area contributed by atoms with Crippen LogP contribution in [0.2, 0.25) is 0 Å². The maximum absolute atomic E-state index is 12.5. The lowest BCUT2D eigenvalue weighted by Gasteiger charge is -2.09. The van der Waals surface area contributed by atoms with Crippen molar-refractivity contribution >= 4 is 6.21 Å². The van der Waals surface area contributed by atoms with Gasteiger partial charge in [-0.05, 0) is 53.9 Å². The number of benzene rings is 2. The summed E-state index contributed by atoms with van der Waals surface area (Å²) < 4.78 is 43.2. The summed E-state index contributed by atoms with van der Waals surface area (Å²) in [6.07, 6.45) is 2.33. The fourth-order valence-electron chi connectivity index (χ4n) is 2.41. The standard InChI is InChI=1S/C21H24F3NO/c1-2-3-4-5-14-25-15-17-8-12-20(13-9-17)26-16-18-6-10-19(11-7-18)21(22,23)24/h6-13,15H,2-5,14,16H2,1H3. The maximum Gasteiger partial charge on any atom is 0.416 e. The molecule has 0 bridgehead atoms. The van der Waals surface area contributed by atoms with E-state index in [1.807, 2.05) is 30.5 Å². The average Bonchev–Trinajstić information content (AvgIpc) is 2.63. The van der Waals surface area contributed by atoms with Crippen LogP contribution < -0.4 is 4.74 Å². The molecule has 2 rings (SSSR count). The topological polar surface area (TPSA) is 21.6 Å². The molecule has 0 aliphatic carbocycles. The van der Waals surface area contributed by atoms with E-state index in [0.29, 0.717) is 11.3 Å². The number of nitrogens with zero attached hydrogens (tertiary/aromatic N) is 1. The molecule has 26 heavy (non-hydrogen) atoms. The number of rotatable bonds is 9. The molecule has 2 nitrogen and oxygen atoms in total. The van der Waals surface area contributed by atoms with Crippen LogP contribution in [0.15, 0.2) is 53.5 Å². The molecule has 0 fully saturated rings. The van der Waals surface area contributed by atoms with Gasteiger partial charge >= 0.3 is 6.18 Å². The van der Waals surface area contributed by atoms with Gasteiger partial charge in [0.05, 0.1) is 5.56 Å². The van der Waals surface area contributed by atoms with Crippen molar-refractivity contribution in [3.05, 3.63) is 65.2 Å². The molecule has 0 amide bonds. The second-order valence-corrected chi connectivity index (χ2v) is 6.15. The van der Waals surface area contributed by atoms with Gasteiger partial charge in [-0.1, -0.05) is 38.3 Å². The van der Waals surface area contributed by atoms with E-state index in [0.717, 1.165) is 30.7 Å². The number of unbranched alkanes of at least 4 members (excludes halogenated alkanes) is 3. The van der Waals surface area contributed by atoms with Crippen molar-refractivity contribution in [3.8, 4) is 5.75 Å². The van der Waals surface area contributed by atoms with Crippen molar-refractivity contribution in [2.24, 2.45) is 4.99 Å². The summed E-state index contributed by atoms with van der Waals surface area (Å²) in [7, 11) is 0. The van der Waals surface area contributed by atoms with Crippen LogP contribution in [0, 0.1) is 0 Å². The van der Waals surface area contributed by atoms with Crippen LogP contribution in [0.4, 0.5) is 13.2 Å². The number of ether oxygens (including phenoxy) is 1. The number of hydrogen-bond acceptors (Lipinski definition) is 2. The maximum atomic E-state index is 12.5. The summed E-state index contributed by atoms with van der Waals surface area (Å²) in [6, 6.07) is 12.5. The van der Waals surface area contributed by atoms with Crippen LogP contribution in [0.5, 0.6) is 5.75 Å². The third kappa shape index (κ3) is 6.90. The highest BCUT2D eigenvalue weighted by atomic mass is 19.4. The summed E-state index contributed by atoms with van der Waals surface area (Å²) in [5.41, 5.74) is 1.04. The lowest BCUT2D eigenvalue weighted by Crippen LogP contribution is -2.05. The van der Waals surface area contributed by atoms with Crippen molar-refractivity contribution in [2.45, 2.75) is 45.4 Å². The largest absolute Gasteiger partial charge is 0.489 e. The Kier molecular flexibility index (Phi) is 7.70. The normalized spacial score (nSPS) is 11.8. The Morgan fingerprint density at radius 3 is 2.23 bits per heavy atom. The van der Waals surface area contributed by atoms with Crippen molar-refractivity contribution in [1.29, 1.82) is 0 Å². The van der Waals surface area contributed by atoms with E-state index in [1.165, 1.54) is 31.4 Å². The van der Waals surface area contributed by atoms with E-state index in [-0.39, 0.29) is 6.61 Å². The monoisotopic (exact) mass is 363 g/mol. The smallest absolute Gasteiger partial charge is 0.416 e. The molecule has 0 unspecified atom stereocenters. The van der Waals surface area contributed by atoms with Gasteiger partial charge in [-0.25, -0.2) is 0 Å². The Morgan fingerprint density at radius 1 is 0.923 bits per heavy atom. The van der Waals surface area contributed by atoms with E-state index in [9.17, 15) is 13.2 Å². The van der Waals surface area contributed by atoms with Gasteiger partial charge in [-0.15, -0.1) is 0 Å². The Hall–Kier alpha value is -2.30. The molecule has 0 aliphatic heterocycles. The van der Waals surface area contributed by atoms with Crippen LogP contribution >= 0.6 is 0 Å². The Morgan fingerprint density at radius 2 is 1.62 bits per heavy atom. The first kappa shape index (κ1) is 20.0. The molecule has 0 aliphatic rings. The van der Waals surface area contributed by atoms with Crippen LogP contribution in [-0.4, -0.2) is 12.8 Å². The first-order chi connectivity index (χ1) is 12.5. The van der Waals surface area contributed by atoms with Gasteiger partial charge in [0.15, 0.2) is 0 Å². The molecule has 2 aromatic rings. The molecule has 140 valence electrons. The Bertz CT molecular complexity index is 676.